The Kier molecular flexibility index (Phi) is 4.50. The van der Waals surface area contributed by atoms with Crippen LogP contribution >= 0.6 is 0 Å². The maximum Gasteiger partial charge on any atom is 0.306 e. The van der Waals surface area contributed by atoms with E-state index in [1.165, 1.54) is 7.11 Å². The molecular formula is C10H19NO4. The van der Waals surface area contributed by atoms with Gasteiger partial charge in [0.2, 0.25) is 0 Å². The summed E-state index contributed by atoms with van der Waals surface area (Å²) in [5.41, 5.74) is 0. The predicted octanol–water partition coefficient (Wildman–Crippen LogP) is 0.291. The van der Waals surface area contributed by atoms with Gasteiger partial charge in [0.05, 0.1) is 32.8 Å². The summed E-state index contributed by atoms with van der Waals surface area (Å²) >= 11 is 0. The maximum absolute atomic E-state index is 10.8. The molecule has 0 atom stereocenters. The molecule has 88 valence electrons. The molecule has 1 heterocycles. The number of esters is 1. The van der Waals surface area contributed by atoms with Crippen molar-refractivity contribution in [2.24, 2.45) is 0 Å². The molecule has 1 rings (SSSR count). The van der Waals surface area contributed by atoms with Crippen molar-refractivity contribution < 1.29 is 19.0 Å². The van der Waals surface area contributed by atoms with Gasteiger partial charge in [-0.2, -0.15) is 0 Å². The number of carbonyl (C=O) groups excluding carboxylic acids is 1. The zero-order chi connectivity index (χ0) is 11.3. The Labute approximate surface area is 90.1 Å². The van der Waals surface area contributed by atoms with Crippen molar-refractivity contribution in [3.8, 4) is 0 Å². The van der Waals surface area contributed by atoms with Gasteiger partial charge in [0.15, 0.2) is 5.79 Å². The fraction of sp³-hybridized carbons (Fsp3) is 0.900. The van der Waals surface area contributed by atoms with Crippen molar-refractivity contribution in [2.45, 2.75) is 32.1 Å². The first-order valence-corrected chi connectivity index (χ1v) is 5.11. The van der Waals surface area contributed by atoms with E-state index in [0.717, 1.165) is 0 Å². The molecule has 0 bridgehead atoms. The number of carbonyl (C=O) groups is 1. The van der Waals surface area contributed by atoms with Crippen LogP contribution in [0.1, 0.15) is 20.3 Å². The topological polar surface area (TPSA) is 56.8 Å². The summed E-state index contributed by atoms with van der Waals surface area (Å²) in [5, 5.41) is 3.17. The van der Waals surface area contributed by atoms with Crippen LogP contribution in [0.15, 0.2) is 0 Å². The van der Waals surface area contributed by atoms with E-state index >= 15 is 0 Å². The van der Waals surface area contributed by atoms with Gasteiger partial charge in [0.25, 0.3) is 0 Å². The van der Waals surface area contributed by atoms with Crippen molar-refractivity contribution >= 4 is 5.97 Å². The molecule has 0 spiro atoms. The van der Waals surface area contributed by atoms with Gasteiger partial charge >= 0.3 is 5.97 Å². The highest BCUT2D eigenvalue weighted by molar-refractivity contribution is 5.69. The minimum absolute atomic E-state index is 0.155. The minimum atomic E-state index is -0.486. The number of methoxy groups -OCH3 is 1. The smallest absolute Gasteiger partial charge is 0.306 e. The van der Waals surface area contributed by atoms with Gasteiger partial charge in [-0.05, 0) is 13.8 Å². The first-order chi connectivity index (χ1) is 7.03. The highest BCUT2D eigenvalue weighted by Crippen LogP contribution is 2.16. The molecule has 1 aliphatic heterocycles. The van der Waals surface area contributed by atoms with E-state index < -0.39 is 5.79 Å². The van der Waals surface area contributed by atoms with Gasteiger partial charge in [-0.3, -0.25) is 4.79 Å². The lowest BCUT2D eigenvalue weighted by Crippen LogP contribution is -2.48. The van der Waals surface area contributed by atoms with Crippen molar-refractivity contribution in [1.82, 2.24) is 5.32 Å². The molecule has 1 saturated heterocycles. The van der Waals surface area contributed by atoms with E-state index in [-0.39, 0.29) is 12.0 Å². The van der Waals surface area contributed by atoms with E-state index in [0.29, 0.717) is 26.2 Å². The molecule has 0 saturated carbocycles. The molecule has 15 heavy (non-hydrogen) atoms. The summed E-state index contributed by atoms with van der Waals surface area (Å²) in [7, 11) is 1.39. The summed E-state index contributed by atoms with van der Waals surface area (Å²) in [5.74, 6) is -0.693. The second kappa shape index (κ2) is 5.44. The van der Waals surface area contributed by atoms with Crippen LogP contribution in [0.5, 0.6) is 0 Å². The zero-order valence-electron chi connectivity index (χ0n) is 9.54. The lowest BCUT2D eigenvalue weighted by Gasteiger charge is -2.35. The van der Waals surface area contributed by atoms with Crippen LogP contribution in [-0.2, 0) is 19.0 Å². The normalized spacial score (nSPS) is 21.3. The van der Waals surface area contributed by atoms with Gasteiger partial charge in [-0.1, -0.05) is 0 Å². The highest BCUT2D eigenvalue weighted by Gasteiger charge is 2.27. The van der Waals surface area contributed by atoms with E-state index in [2.05, 4.69) is 10.1 Å². The first kappa shape index (κ1) is 12.4. The third-order valence-corrected chi connectivity index (χ3v) is 2.25. The van der Waals surface area contributed by atoms with E-state index in [1.807, 2.05) is 13.8 Å². The number of hydrogen-bond donors (Lipinski definition) is 1. The second-order valence-corrected chi connectivity index (χ2v) is 4.00. The average Bonchev–Trinajstić information content (AvgIpc) is 2.20. The molecule has 0 unspecified atom stereocenters. The number of ether oxygens (including phenoxy) is 3. The van der Waals surface area contributed by atoms with Gasteiger partial charge in [-0.25, -0.2) is 0 Å². The fourth-order valence-electron chi connectivity index (χ4n) is 1.29. The van der Waals surface area contributed by atoms with Crippen molar-refractivity contribution in [3.63, 3.8) is 0 Å². The largest absolute Gasteiger partial charge is 0.469 e. The number of hydrogen-bond acceptors (Lipinski definition) is 5. The number of nitrogens with one attached hydrogen (secondary N) is 1. The summed E-state index contributed by atoms with van der Waals surface area (Å²) in [4.78, 5) is 10.8. The van der Waals surface area contributed by atoms with Crippen LogP contribution in [0.3, 0.4) is 0 Å². The lowest BCUT2D eigenvalue weighted by molar-refractivity contribution is -0.252. The van der Waals surface area contributed by atoms with E-state index in [9.17, 15) is 4.79 Å². The van der Waals surface area contributed by atoms with Gasteiger partial charge < -0.3 is 19.5 Å². The molecule has 0 amide bonds. The quantitative estimate of drug-likeness (QED) is 0.686. The summed E-state index contributed by atoms with van der Waals surface area (Å²) < 4.78 is 15.5. The Hall–Kier alpha value is -0.650. The van der Waals surface area contributed by atoms with E-state index in [1.54, 1.807) is 0 Å². The third kappa shape index (κ3) is 4.59. The van der Waals surface area contributed by atoms with Crippen molar-refractivity contribution in [2.75, 3.05) is 26.9 Å². The Morgan fingerprint density at radius 1 is 1.47 bits per heavy atom. The molecule has 5 nitrogen and oxygen atoms in total. The van der Waals surface area contributed by atoms with Gasteiger partial charge in [0.1, 0.15) is 0 Å². The molecule has 1 aliphatic rings. The molecule has 0 aromatic heterocycles. The molecule has 0 aromatic carbocycles. The zero-order valence-corrected chi connectivity index (χ0v) is 9.54. The maximum atomic E-state index is 10.8. The Morgan fingerprint density at radius 2 is 2.07 bits per heavy atom. The fourth-order valence-corrected chi connectivity index (χ4v) is 1.29. The highest BCUT2D eigenvalue weighted by atomic mass is 16.7. The Balaban J connectivity index is 2.11. The molecule has 0 radical (unpaired) electrons. The first-order valence-electron chi connectivity index (χ1n) is 5.11. The third-order valence-electron chi connectivity index (χ3n) is 2.25. The van der Waals surface area contributed by atoms with Crippen LogP contribution in [0.2, 0.25) is 0 Å². The van der Waals surface area contributed by atoms with Crippen LogP contribution < -0.4 is 5.32 Å². The lowest BCUT2D eigenvalue weighted by atomic mass is 10.2. The number of rotatable bonds is 4. The van der Waals surface area contributed by atoms with Crippen molar-refractivity contribution in [1.29, 1.82) is 0 Å². The van der Waals surface area contributed by atoms with Gasteiger partial charge in [-0.15, -0.1) is 0 Å². The summed E-state index contributed by atoms with van der Waals surface area (Å²) in [6, 6.07) is 0.155. The van der Waals surface area contributed by atoms with Gasteiger partial charge in [0, 0.05) is 6.54 Å². The molecule has 5 heteroatoms. The monoisotopic (exact) mass is 217 g/mol. The molecular weight excluding hydrogens is 198 g/mol. The second-order valence-electron chi connectivity index (χ2n) is 4.00. The van der Waals surface area contributed by atoms with E-state index in [4.69, 9.17) is 9.47 Å². The van der Waals surface area contributed by atoms with Crippen LogP contribution in [0.25, 0.3) is 0 Å². The van der Waals surface area contributed by atoms with Crippen LogP contribution in [0.4, 0.5) is 0 Å². The molecule has 1 N–H and O–H groups in total. The Bertz CT molecular complexity index is 207. The minimum Gasteiger partial charge on any atom is -0.469 e. The van der Waals surface area contributed by atoms with Crippen LogP contribution in [-0.4, -0.2) is 44.7 Å². The molecule has 1 fully saturated rings. The molecule has 0 aliphatic carbocycles. The van der Waals surface area contributed by atoms with Crippen molar-refractivity contribution in [3.05, 3.63) is 0 Å². The predicted molar refractivity (Wildman–Crippen MR) is 54.4 cm³/mol. The Morgan fingerprint density at radius 3 is 2.60 bits per heavy atom. The van der Waals surface area contributed by atoms with Crippen LogP contribution in [0, 0.1) is 0 Å². The summed E-state index contributed by atoms with van der Waals surface area (Å²) in [6.07, 6.45) is 0.371. The SMILES string of the molecule is COC(=O)CCNC1COC(C)(C)OC1. The standard InChI is InChI=1S/C10H19NO4/c1-10(2)14-6-8(7-15-10)11-5-4-9(12)13-3/h8,11H,4-7H2,1-3H3. The average molecular weight is 217 g/mol. The molecule has 0 aromatic rings. The summed E-state index contributed by atoms with van der Waals surface area (Å²) in [6.45, 7) is 5.57.